The van der Waals surface area contributed by atoms with E-state index in [0.29, 0.717) is 5.75 Å². The second-order valence-electron chi connectivity index (χ2n) is 8.20. The van der Waals surface area contributed by atoms with E-state index in [9.17, 15) is 9.90 Å². The minimum Gasteiger partial charge on any atom is -0.507 e. The summed E-state index contributed by atoms with van der Waals surface area (Å²) in [7, 11) is 0. The van der Waals surface area contributed by atoms with Crippen LogP contribution in [0.15, 0.2) is 17.0 Å². The molecule has 24 heavy (non-hydrogen) atoms. The van der Waals surface area contributed by atoms with Gasteiger partial charge in [0.05, 0.1) is 0 Å². The number of aromatic hydroxyl groups is 1. The van der Waals surface area contributed by atoms with Crippen molar-refractivity contribution in [2.75, 3.05) is 0 Å². The van der Waals surface area contributed by atoms with Crippen LogP contribution in [0.1, 0.15) is 58.2 Å². The number of amidine groups is 1. The first-order valence-electron chi connectivity index (χ1n) is 8.01. The second kappa shape index (κ2) is 6.28. The average Bonchev–Trinajstić information content (AvgIpc) is 2.78. The number of hydrogen-bond acceptors (Lipinski definition) is 4. The van der Waals surface area contributed by atoms with Crippen LogP contribution in [0, 0.1) is 5.41 Å². The highest BCUT2D eigenvalue weighted by Crippen LogP contribution is 2.40. The van der Waals surface area contributed by atoms with E-state index in [0.717, 1.165) is 27.9 Å². The van der Waals surface area contributed by atoms with Gasteiger partial charge in [0, 0.05) is 16.0 Å². The first-order chi connectivity index (χ1) is 10.9. The molecule has 0 saturated carbocycles. The van der Waals surface area contributed by atoms with Crippen molar-refractivity contribution >= 4 is 29.3 Å². The molecular formula is C19H26N2O2S. The summed E-state index contributed by atoms with van der Waals surface area (Å²) in [5, 5.41) is 21.6. The predicted molar refractivity (Wildman–Crippen MR) is 102 cm³/mol. The van der Waals surface area contributed by atoms with Crippen LogP contribution < -0.4 is 5.32 Å². The van der Waals surface area contributed by atoms with Crippen LogP contribution in [0.4, 0.5) is 0 Å². The van der Waals surface area contributed by atoms with E-state index in [2.05, 4.69) is 46.9 Å². The molecule has 5 heteroatoms. The van der Waals surface area contributed by atoms with Gasteiger partial charge >= 0.3 is 0 Å². The SMILES string of the molecule is CC(C)(C)c1cc(C=C2SC(=N)NC2C=O)cc(C(C)(C)C)c1O. The van der Waals surface area contributed by atoms with E-state index in [-0.39, 0.29) is 16.0 Å². The molecular weight excluding hydrogens is 320 g/mol. The number of carbonyl (C=O) groups is 1. The normalized spacial score (nSPS) is 20.3. The molecule has 1 aromatic rings. The van der Waals surface area contributed by atoms with Gasteiger partial charge in [-0.15, -0.1) is 0 Å². The quantitative estimate of drug-likeness (QED) is 0.703. The van der Waals surface area contributed by atoms with Crippen LogP contribution >= 0.6 is 11.8 Å². The lowest BCUT2D eigenvalue weighted by Crippen LogP contribution is -2.26. The number of hydrogen-bond donors (Lipinski definition) is 3. The first kappa shape index (κ1) is 18.6. The average molecular weight is 346 g/mol. The number of thioether (sulfide) groups is 1. The Morgan fingerprint density at radius 3 is 2.04 bits per heavy atom. The van der Waals surface area contributed by atoms with Gasteiger partial charge in [-0.3, -0.25) is 5.41 Å². The van der Waals surface area contributed by atoms with E-state index in [1.54, 1.807) is 0 Å². The number of carbonyl (C=O) groups excluding carboxylic acids is 1. The van der Waals surface area contributed by atoms with Gasteiger partial charge in [-0.1, -0.05) is 53.3 Å². The Kier molecular flexibility index (Phi) is 4.86. The molecule has 0 radical (unpaired) electrons. The zero-order chi connectivity index (χ0) is 18.3. The van der Waals surface area contributed by atoms with Crippen LogP contribution in [-0.2, 0) is 15.6 Å². The van der Waals surface area contributed by atoms with Gasteiger partial charge in [0.25, 0.3) is 0 Å². The molecule has 1 saturated heterocycles. The van der Waals surface area contributed by atoms with Gasteiger partial charge in [-0.05, 0) is 34.6 Å². The number of nitrogens with one attached hydrogen (secondary N) is 2. The Hall–Kier alpha value is -1.75. The summed E-state index contributed by atoms with van der Waals surface area (Å²) >= 11 is 1.26. The van der Waals surface area contributed by atoms with Crippen molar-refractivity contribution in [2.45, 2.75) is 58.4 Å². The Bertz CT molecular complexity index is 674. The highest BCUT2D eigenvalue weighted by atomic mass is 32.2. The molecule has 0 amide bonds. The number of benzene rings is 1. The van der Waals surface area contributed by atoms with Crippen LogP contribution in [-0.4, -0.2) is 22.6 Å². The largest absolute Gasteiger partial charge is 0.507 e. The van der Waals surface area contributed by atoms with Crippen molar-refractivity contribution in [3.63, 3.8) is 0 Å². The molecule has 1 unspecified atom stereocenters. The monoisotopic (exact) mass is 346 g/mol. The Morgan fingerprint density at radius 1 is 1.12 bits per heavy atom. The summed E-state index contributed by atoms with van der Waals surface area (Å²) in [4.78, 5) is 12.0. The molecule has 0 aliphatic carbocycles. The van der Waals surface area contributed by atoms with Crippen molar-refractivity contribution in [1.29, 1.82) is 5.41 Å². The zero-order valence-corrected chi connectivity index (χ0v) is 16.0. The standard InChI is InChI=1S/C19H26N2O2S/c1-18(2,3)12-7-11(8-13(16(12)23)19(4,5)6)9-15-14(10-22)21-17(20)24-15/h7-10,14,23H,1-6H3,(H2,20,21). The lowest BCUT2D eigenvalue weighted by molar-refractivity contribution is -0.108. The van der Waals surface area contributed by atoms with Gasteiger partial charge in [0.15, 0.2) is 5.17 Å². The highest BCUT2D eigenvalue weighted by molar-refractivity contribution is 8.17. The smallest absolute Gasteiger partial charge is 0.159 e. The number of phenols is 1. The number of aldehydes is 1. The van der Waals surface area contributed by atoms with Crippen molar-refractivity contribution in [3.8, 4) is 5.75 Å². The molecule has 1 aliphatic heterocycles. The minimum atomic E-state index is -0.465. The molecule has 3 N–H and O–H groups in total. The van der Waals surface area contributed by atoms with Crippen LogP contribution in [0.3, 0.4) is 0 Å². The number of phenolic OH excluding ortho intramolecular Hbond substituents is 1. The fourth-order valence-electron chi connectivity index (χ4n) is 2.69. The van der Waals surface area contributed by atoms with Crippen LogP contribution in [0.5, 0.6) is 5.75 Å². The highest BCUT2D eigenvalue weighted by Gasteiger charge is 2.28. The third-order valence-electron chi connectivity index (χ3n) is 4.01. The zero-order valence-electron chi connectivity index (χ0n) is 15.2. The molecule has 0 bridgehead atoms. The molecule has 4 nitrogen and oxygen atoms in total. The molecule has 2 rings (SSSR count). The molecule has 1 aliphatic rings. The maximum Gasteiger partial charge on any atom is 0.159 e. The lowest BCUT2D eigenvalue weighted by Gasteiger charge is -2.28. The Morgan fingerprint density at radius 2 is 1.62 bits per heavy atom. The van der Waals surface area contributed by atoms with E-state index < -0.39 is 6.04 Å². The summed E-state index contributed by atoms with van der Waals surface area (Å²) in [6.45, 7) is 12.4. The maximum absolute atomic E-state index is 11.2. The molecule has 0 aromatic heterocycles. The topological polar surface area (TPSA) is 73.2 Å². The third-order valence-corrected chi connectivity index (χ3v) is 4.94. The molecule has 1 fully saturated rings. The van der Waals surface area contributed by atoms with Crippen molar-refractivity contribution in [3.05, 3.63) is 33.7 Å². The summed E-state index contributed by atoms with van der Waals surface area (Å²) in [5.41, 5.74) is 2.31. The van der Waals surface area contributed by atoms with E-state index in [1.165, 1.54) is 11.8 Å². The summed E-state index contributed by atoms with van der Waals surface area (Å²) in [6.07, 6.45) is 2.75. The van der Waals surface area contributed by atoms with Crippen LogP contribution in [0.2, 0.25) is 0 Å². The molecule has 1 aromatic carbocycles. The van der Waals surface area contributed by atoms with E-state index in [1.807, 2.05) is 18.2 Å². The van der Waals surface area contributed by atoms with Gasteiger partial charge in [-0.2, -0.15) is 0 Å². The summed E-state index contributed by atoms with van der Waals surface area (Å²) < 4.78 is 0. The summed E-state index contributed by atoms with van der Waals surface area (Å²) in [6, 6.07) is 3.48. The molecule has 0 spiro atoms. The van der Waals surface area contributed by atoms with Crippen LogP contribution in [0.25, 0.3) is 6.08 Å². The van der Waals surface area contributed by atoms with E-state index in [4.69, 9.17) is 5.41 Å². The second-order valence-corrected chi connectivity index (χ2v) is 9.28. The van der Waals surface area contributed by atoms with Crippen molar-refractivity contribution in [1.82, 2.24) is 5.32 Å². The predicted octanol–water partition coefficient (Wildman–Crippen LogP) is 4.17. The fourth-order valence-corrected chi connectivity index (χ4v) is 3.55. The molecule has 1 atom stereocenters. The van der Waals surface area contributed by atoms with Gasteiger partial charge in [-0.25, -0.2) is 0 Å². The van der Waals surface area contributed by atoms with Crippen molar-refractivity contribution in [2.24, 2.45) is 0 Å². The molecule has 1 heterocycles. The Labute approximate surface area is 148 Å². The number of rotatable bonds is 2. The van der Waals surface area contributed by atoms with E-state index >= 15 is 0 Å². The van der Waals surface area contributed by atoms with Gasteiger partial charge < -0.3 is 15.2 Å². The Balaban J connectivity index is 2.63. The maximum atomic E-state index is 11.2. The van der Waals surface area contributed by atoms with Crippen molar-refractivity contribution < 1.29 is 9.90 Å². The minimum absolute atomic E-state index is 0.198. The van der Waals surface area contributed by atoms with Gasteiger partial charge in [0.2, 0.25) is 0 Å². The van der Waals surface area contributed by atoms with Gasteiger partial charge in [0.1, 0.15) is 18.1 Å². The third kappa shape index (κ3) is 3.83. The summed E-state index contributed by atoms with van der Waals surface area (Å²) in [5.74, 6) is 0.342. The molecule has 130 valence electrons. The fraction of sp³-hybridized carbons (Fsp3) is 0.474. The first-order valence-corrected chi connectivity index (χ1v) is 8.83. The lowest BCUT2D eigenvalue weighted by atomic mass is 9.78.